The van der Waals surface area contributed by atoms with Gasteiger partial charge in [0.2, 0.25) is 5.89 Å². The molecule has 4 nitrogen and oxygen atoms in total. The summed E-state index contributed by atoms with van der Waals surface area (Å²) in [5, 5.41) is 11.4. The van der Waals surface area contributed by atoms with Gasteiger partial charge in [-0.25, -0.2) is 4.98 Å². The second-order valence-corrected chi connectivity index (χ2v) is 6.13. The quantitative estimate of drug-likeness (QED) is 0.918. The molecule has 0 radical (unpaired) electrons. The lowest BCUT2D eigenvalue weighted by Gasteiger charge is -2.39. The summed E-state index contributed by atoms with van der Waals surface area (Å²) in [6.45, 7) is 0.683. The first-order valence-electron chi connectivity index (χ1n) is 7.48. The van der Waals surface area contributed by atoms with Crippen LogP contribution in [0.15, 0.2) is 40.9 Å². The van der Waals surface area contributed by atoms with Gasteiger partial charge >= 0.3 is 0 Å². The molecule has 0 aliphatic heterocycles. The van der Waals surface area contributed by atoms with Crippen molar-refractivity contribution in [2.45, 2.75) is 31.4 Å². The molecule has 0 spiro atoms. The van der Waals surface area contributed by atoms with Crippen molar-refractivity contribution in [1.82, 2.24) is 9.88 Å². The summed E-state index contributed by atoms with van der Waals surface area (Å²) in [7, 11) is 3.97. The second-order valence-electron chi connectivity index (χ2n) is 6.13. The highest BCUT2D eigenvalue weighted by atomic mass is 16.4. The average Bonchev–Trinajstić information content (AvgIpc) is 2.85. The summed E-state index contributed by atoms with van der Waals surface area (Å²) >= 11 is 0. The maximum absolute atomic E-state index is 11.4. The predicted octanol–water partition coefficient (Wildman–Crippen LogP) is 2.77. The lowest BCUT2D eigenvalue weighted by molar-refractivity contribution is -0.0416. The first kappa shape index (κ1) is 14.3. The molecule has 0 bridgehead atoms. The van der Waals surface area contributed by atoms with Crippen LogP contribution in [0, 0.1) is 5.92 Å². The fourth-order valence-electron chi connectivity index (χ4n) is 2.92. The van der Waals surface area contributed by atoms with Crippen LogP contribution < -0.4 is 0 Å². The van der Waals surface area contributed by atoms with E-state index < -0.39 is 5.60 Å². The van der Waals surface area contributed by atoms with E-state index in [1.807, 2.05) is 49.3 Å². The maximum Gasteiger partial charge on any atom is 0.231 e. The van der Waals surface area contributed by atoms with Gasteiger partial charge in [0.05, 0.1) is 12.7 Å². The van der Waals surface area contributed by atoms with Crippen LogP contribution in [0.25, 0.3) is 0 Å². The zero-order valence-corrected chi connectivity index (χ0v) is 12.6. The van der Waals surface area contributed by atoms with Gasteiger partial charge in [0.25, 0.3) is 0 Å². The van der Waals surface area contributed by atoms with E-state index in [1.165, 1.54) is 0 Å². The third-order valence-corrected chi connectivity index (χ3v) is 4.26. The van der Waals surface area contributed by atoms with Gasteiger partial charge in [-0.15, -0.1) is 0 Å². The van der Waals surface area contributed by atoms with Crippen molar-refractivity contribution >= 4 is 0 Å². The number of hydrogen-bond acceptors (Lipinski definition) is 4. The van der Waals surface area contributed by atoms with E-state index in [9.17, 15) is 5.11 Å². The van der Waals surface area contributed by atoms with Crippen LogP contribution in [-0.4, -0.2) is 29.1 Å². The number of aliphatic hydroxyl groups is 1. The summed E-state index contributed by atoms with van der Waals surface area (Å²) in [6.07, 6.45) is 4.90. The largest absolute Gasteiger partial charge is 0.441 e. The van der Waals surface area contributed by atoms with Gasteiger partial charge in [-0.1, -0.05) is 36.8 Å². The zero-order valence-electron chi connectivity index (χ0n) is 12.6. The van der Waals surface area contributed by atoms with Crippen LogP contribution in [-0.2, 0) is 12.1 Å². The topological polar surface area (TPSA) is 49.5 Å². The number of hydrogen-bond donors (Lipinski definition) is 1. The lowest BCUT2D eigenvalue weighted by Crippen LogP contribution is -2.40. The zero-order chi connectivity index (χ0) is 14.9. The van der Waals surface area contributed by atoms with Gasteiger partial charge in [-0.05, 0) is 32.5 Å². The van der Waals surface area contributed by atoms with E-state index in [2.05, 4.69) is 4.98 Å². The van der Waals surface area contributed by atoms with Crippen LogP contribution in [0.2, 0.25) is 0 Å². The van der Waals surface area contributed by atoms with E-state index >= 15 is 0 Å². The molecule has 1 aromatic carbocycles. The maximum atomic E-state index is 11.4. The summed E-state index contributed by atoms with van der Waals surface area (Å²) in [6, 6.07) is 9.76. The van der Waals surface area contributed by atoms with Gasteiger partial charge in [0.15, 0.2) is 5.60 Å². The van der Waals surface area contributed by atoms with Gasteiger partial charge in [-0.3, -0.25) is 0 Å². The molecule has 1 fully saturated rings. The predicted molar refractivity (Wildman–Crippen MR) is 80.7 cm³/mol. The second kappa shape index (κ2) is 5.62. The summed E-state index contributed by atoms with van der Waals surface area (Å²) in [5.41, 5.74) is -0.239. The molecule has 1 atom stereocenters. The lowest BCUT2D eigenvalue weighted by atomic mass is 9.69. The molecular formula is C17H22N2O2. The molecule has 0 saturated heterocycles. The van der Waals surface area contributed by atoms with Gasteiger partial charge in [0.1, 0.15) is 5.76 Å². The van der Waals surface area contributed by atoms with Crippen molar-refractivity contribution < 1.29 is 9.52 Å². The number of nitrogens with zero attached hydrogens (tertiary/aromatic N) is 2. The summed E-state index contributed by atoms with van der Waals surface area (Å²) in [4.78, 5) is 6.40. The molecule has 3 rings (SSSR count). The molecule has 1 aromatic heterocycles. The summed E-state index contributed by atoms with van der Waals surface area (Å²) in [5.74, 6) is 1.39. The van der Waals surface area contributed by atoms with Crippen LogP contribution in [0.4, 0.5) is 0 Å². The molecule has 1 unspecified atom stereocenters. The smallest absolute Gasteiger partial charge is 0.231 e. The van der Waals surface area contributed by atoms with Crippen molar-refractivity contribution in [3.8, 4) is 0 Å². The van der Waals surface area contributed by atoms with Crippen molar-refractivity contribution in [3.05, 3.63) is 53.7 Å². The molecular weight excluding hydrogens is 264 g/mol. The average molecular weight is 286 g/mol. The Balaban J connectivity index is 1.98. The van der Waals surface area contributed by atoms with E-state index in [0.29, 0.717) is 12.4 Å². The molecule has 1 N–H and O–H groups in total. The van der Waals surface area contributed by atoms with E-state index in [4.69, 9.17) is 4.42 Å². The van der Waals surface area contributed by atoms with Gasteiger partial charge in [-0.2, -0.15) is 0 Å². The molecule has 21 heavy (non-hydrogen) atoms. The van der Waals surface area contributed by atoms with Crippen molar-refractivity contribution in [2.75, 3.05) is 14.1 Å². The van der Waals surface area contributed by atoms with E-state index in [1.54, 1.807) is 6.20 Å². The standard InChI is InChI=1S/C17H22N2O2/c1-19(2)12-15-11-18-16(21-15)17(20,14-9-6-10-14)13-7-4-3-5-8-13/h3-5,7-8,11,14,20H,6,9-10,12H2,1-2H3. The minimum atomic E-state index is -1.11. The van der Waals surface area contributed by atoms with Crippen LogP contribution >= 0.6 is 0 Å². The fraction of sp³-hybridized carbons (Fsp3) is 0.471. The Labute approximate surface area is 125 Å². The number of rotatable bonds is 5. The van der Waals surface area contributed by atoms with Crippen LogP contribution in [0.5, 0.6) is 0 Å². The van der Waals surface area contributed by atoms with Crippen molar-refractivity contribution in [2.24, 2.45) is 5.92 Å². The third kappa shape index (κ3) is 2.61. The number of oxazole rings is 1. The monoisotopic (exact) mass is 286 g/mol. The highest BCUT2D eigenvalue weighted by Crippen LogP contribution is 2.46. The normalized spacial score (nSPS) is 18.5. The minimum absolute atomic E-state index is 0.186. The Morgan fingerprint density at radius 2 is 2.00 bits per heavy atom. The Morgan fingerprint density at radius 3 is 2.57 bits per heavy atom. The SMILES string of the molecule is CN(C)Cc1cnc(C(O)(c2ccccc2)C2CCC2)o1. The summed E-state index contributed by atoms with van der Waals surface area (Å²) < 4.78 is 5.87. The molecule has 1 aliphatic rings. The van der Waals surface area contributed by atoms with Crippen molar-refractivity contribution in [1.29, 1.82) is 0 Å². The van der Waals surface area contributed by atoms with Crippen molar-refractivity contribution in [3.63, 3.8) is 0 Å². The highest BCUT2D eigenvalue weighted by Gasteiger charge is 2.46. The van der Waals surface area contributed by atoms with Crippen LogP contribution in [0.3, 0.4) is 0 Å². The first-order chi connectivity index (χ1) is 10.1. The van der Waals surface area contributed by atoms with Gasteiger partial charge in [0, 0.05) is 5.92 Å². The fourth-order valence-corrected chi connectivity index (χ4v) is 2.92. The van der Waals surface area contributed by atoms with Gasteiger partial charge < -0.3 is 14.4 Å². The molecule has 1 aliphatic carbocycles. The molecule has 1 saturated carbocycles. The van der Waals surface area contributed by atoms with E-state index in [0.717, 1.165) is 30.6 Å². The molecule has 4 heteroatoms. The molecule has 1 heterocycles. The first-order valence-corrected chi connectivity index (χ1v) is 7.48. The Morgan fingerprint density at radius 1 is 1.29 bits per heavy atom. The Kier molecular flexibility index (Phi) is 3.83. The molecule has 0 amide bonds. The molecule has 112 valence electrons. The Hall–Kier alpha value is -1.65. The Bertz CT molecular complexity index is 590. The number of benzene rings is 1. The minimum Gasteiger partial charge on any atom is -0.441 e. The number of aromatic nitrogens is 1. The van der Waals surface area contributed by atoms with E-state index in [-0.39, 0.29) is 5.92 Å². The third-order valence-electron chi connectivity index (χ3n) is 4.26. The highest BCUT2D eigenvalue weighted by molar-refractivity contribution is 5.30. The van der Waals surface area contributed by atoms with Crippen LogP contribution in [0.1, 0.15) is 36.5 Å². The molecule has 2 aromatic rings.